The van der Waals surface area contributed by atoms with Crippen molar-refractivity contribution in [1.29, 1.82) is 0 Å². The third kappa shape index (κ3) is 5.32. The first-order chi connectivity index (χ1) is 13.2. The summed E-state index contributed by atoms with van der Waals surface area (Å²) in [5.74, 6) is 0.764. The van der Waals surface area contributed by atoms with Crippen LogP contribution in [-0.2, 0) is 6.54 Å². The topological polar surface area (TPSA) is 85.2 Å². The number of nitrogens with zero attached hydrogens (tertiary/aromatic N) is 2. The zero-order valence-electron chi connectivity index (χ0n) is 15.6. The summed E-state index contributed by atoms with van der Waals surface area (Å²) in [6, 6.07) is 10.8. The summed E-state index contributed by atoms with van der Waals surface area (Å²) in [4.78, 5) is 24.0. The molecule has 3 rings (SSSR count). The van der Waals surface area contributed by atoms with Crippen LogP contribution in [0.15, 0.2) is 41.2 Å². The fourth-order valence-electron chi connectivity index (χ4n) is 3.28. The Morgan fingerprint density at radius 1 is 1.15 bits per heavy atom. The molecule has 0 aliphatic heterocycles. The van der Waals surface area contributed by atoms with Crippen LogP contribution in [0.1, 0.15) is 32.1 Å². The Hall–Kier alpha value is -2.83. The van der Waals surface area contributed by atoms with Gasteiger partial charge in [-0.15, -0.1) is 0 Å². The van der Waals surface area contributed by atoms with E-state index in [-0.39, 0.29) is 17.6 Å². The highest BCUT2D eigenvalue weighted by Gasteiger charge is 2.15. The third-order valence-corrected chi connectivity index (χ3v) is 4.80. The first-order valence-electron chi connectivity index (χ1n) is 9.42. The van der Waals surface area contributed by atoms with E-state index < -0.39 is 0 Å². The van der Waals surface area contributed by atoms with Gasteiger partial charge in [0.05, 0.1) is 19.3 Å². The number of hydrogen-bond donors (Lipinski definition) is 2. The van der Waals surface area contributed by atoms with Gasteiger partial charge in [0.15, 0.2) is 0 Å². The van der Waals surface area contributed by atoms with Crippen molar-refractivity contribution in [2.24, 2.45) is 0 Å². The van der Waals surface area contributed by atoms with Gasteiger partial charge in [0.2, 0.25) is 0 Å². The second-order valence-electron chi connectivity index (χ2n) is 6.74. The second kappa shape index (κ2) is 9.21. The van der Waals surface area contributed by atoms with Gasteiger partial charge in [-0.05, 0) is 43.2 Å². The van der Waals surface area contributed by atoms with Crippen LogP contribution in [0.3, 0.4) is 0 Å². The maximum atomic E-state index is 12.0. The summed E-state index contributed by atoms with van der Waals surface area (Å²) in [5.41, 5.74) is 1.40. The molecular formula is C20H26N4O3. The van der Waals surface area contributed by atoms with Crippen molar-refractivity contribution in [2.75, 3.05) is 13.7 Å². The molecule has 0 saturated heterocycles. The molecule has 1 saturated carbocycles. The predicted octanol–water partition coefficient (Wildman–Crippen LogP) is 2.55. The average molecular weight is 370 g/mol. The number of rotatable bonds is 6. The molecule has 0 atom stereocenters. The summed E-state index contributed by atoms with van der Waals surface area (Å²) in [7, 11) is 1.62. The molecule has 1 aliphatic carbocycles. The summed E-state index contributed by atoms with van der Waals surface area (Å²) in [6.07, 6.45) is 5.67. The molecule has 1 fully saturated rings. The molecule has 0 unspecified atom stereocenters. The van der Waals surface area contributed by atoms with Gasteiger partial charge < -0.3 is 15.4 Å². The van der Waals surface area contributed by atoms with Crippen molar-refractivity contribution >= 4 is 6.03 Å². The fraction of sp³-hybridized carbons (Fsp3) is 0.450. The quantitative estimate of drug-likeness (QED) is 0.818. The van der Waals surface area contributed by atoms with Gasteiger partial charge >= 0.3 is 6.03 Å². The van der Waals surface area contributed by atoms with Crippen molar-refractivity contribution in [1.82, 2.24) is 20.4 Å². The number of carbonyl (C=O) groups is 1. The monoisotopic (exact) mass is 370 g/mol. The van der Waals surface area contributed by atoms with Crippen LogP contribution >= 0.6 is 0 Å². The fourth-order valence-corrected chi connectivity index (χ4v) is 3.28. The first-order valence-corrected chi connectivity index (χ1v) is 9.42. The highest BCUT2D eigenvalue weighted by molar-refractivity contribution is 5.74. The van der Waals surface area contributed by atoms with Crippen molar-refractivity contribution in [2.45, 2.75) is 44.7 Å². The molecule has 2 aromatic rings. The van der Waals surface area contributed by atoms with E-state index in [1.165, 1.54) is 30.0 Å². The number of ether oxygens (including phenoxy) is 1. The summed E-state index contributed by atoms with van der Waals surface area (Å²) < 4.78 is 6.53. The normalized spacial score (nSPS) is 14.6. The minimum Gasteiger partial charge on any atom is -0.497 e. The number of urea groups is 1. The van der Waals surface area contributed by atoms with Gasteiger partial charge in [0, 0.05) is 24.2 Å². The van der Waals surface area contributed by atoms with E-state index in [0.29, 0.717) is 18.8 Å². The van der Waals surface area contributed by atoms with E-state index in [1.54, 1.807) is 13.2 Å². The molecule has 0 bridgehead atoms. The van der Waals surface area contributed by atoms with E-state index >= 15 is 0 Å². The highest BCUT2D eigenvalue weighted by atomic mass is 16.5. The molecule has 2 amide bonds. The highest BCUT2D eigenvalue weighted by Crippen LogP contribution is 2.19. The van der Waals surface area contributed by atoms with Crippen LogP contribution in [0, 0.1) is 0 Å². The van der Waals surface area contributed by atoms with Crippen molar-refractivity contribution in [3.05, 3.63) is 46.8 Å². The maximum Gasteiger partial charge on any atom is 0.315 e. The lowest BCUT2D eigenvalue weighted by Gasteiger charge is -2.22. The Balaban J connectivity index is 1.56. The minimum absolute atomic E-state index is 0.179. The Morgan fingerprint density at radius 3 is 2.59 bits per heavy atom. The van der Waals surface area contributed by atoms with Crippen LogP contribution in [0.5, 0.6) is 5.75 Å². The molecule has 7 heteroatoms. The summed E-state index contributed by atoms with van der Waals surface area (Å²) >= 11 is 0. The van der Waals surface area contributed by atoms with Crippen LogP contribution < -0.4 is 20.9 Å². The van der Waals surface area contributed by atoms with E-state index in [4.69, 9.17) is 4.74 Å². The minimum atomic E-state index is -0.193. The molecule has 7 nitrogen and oxygen atoms in total. The lowest BCUT2D eigenvalue weighted by Crippen LogP contribution is -2.44. The number of nitrogens with one attached hydrogen (secondary N) is 2. The lowest BCUT2D eigenvalue weighted by molar-refractivity contribution is 0.232. The molecule has 0 spiro atoms. The predicted molar refractivity (Wildman–Crippen MR) is 104 cm³/mol. The molecule has 1 heterocycles. The largest absolute Gasteiger partial charge is 0.497 e. The second-order valence-corrected chi connectivity index (χ2v) is 6.74. The summed E-state index contributed by atoms with van der Waals surface area (Å²) in [6.45, 7) is 0.665. The summed E-state index contributed by atoms with van der Waals surface area (Å²) in [5, 5.41) is 10.2. The van der Waals surface area contributed by atoms with Crippen molar-refractivity contribution in [3.63, 3.8) is 0 Å². The Kier molecular flexibility index (Phi) is 6.46. The Labute approximate surface area is 158 Å². The van der Waals surface area contributed by atoms with E-state index in [1.807, 2.05) is 24.3 Å². The van der Waals surface area contributed by atoms with Gasteiger partial charge in [-0.2, -0.15) is 5.10 Å². The van der Waals surface area contributed by atoms with E-state index in [2.05, 4.69) is 15.7 Å². The molecule has 1 aliphatic rings. The number of hydrogen-bond acceptors (Lipinski definition) is 4. The smallest absolute Gasteiger partial charge is 0.315 e. The maximum absolute atomic E-state index is 12.0. The Morgan fingerprint density at radius 2 is 1.89 bits per heavy atom. The number of benzene rings is 1. The third-order valence-electron chi connectivity index (χ3n) is 4.80. The number of amides is 2. The van der Waals surface area contributed by atoms with Gasteiger partial charge in [0.25, 0.3) is 5.56 Å². The SMILES string of the molecule is COc1ccc(-c2ccc(=O)n(CCNC(=O)NC3CCCCC3)n2)cc1. The van der Waals surface area contributed by atoms with Crippen LogP contribution in [0.25, 0.3) is 11.3 Å². The molecule has 144 valence electrons. The van der Waals surface area contributed by atoms with Gasteiger partial charge in [-0.3, -0.25) is 4.79 Å². The number of methoxy groups -OCH3 is 1. The van der Waals surface area contributed by atoms with Crippen molar-refractivity contribution in [3.8, 4) is 17.0 Å². The molecule has 0 radical (unpaired) electrons. The van der Waals surface area contributed by atoms with Crippen molar-refractivity contribution < 1.29 is 9.53 Å². The molecule has 1 aromatic heterocycles. The van der Waals surface area contributed by atoms with Crippen LogP contribution in [0.2, 0.25) is 0 Å². The van der Waals surface area contributed by atoms with Crippen LogP contribution in [-0.4, -0.2) is 35.5 Å². The Bertz CT molecular complexity index is 811. The molecule has 27 heavy (non-hydrogen) atoms. The number of carbonyl (C=O) groups excluding carboxylic acids is 1. The first kappa shape index (κ1) is 18.9. The van der Waals surface area contributed by atoms with Crippen LogP contribution in [0.4, 0.5) is 4.79 Å². The average Bonchev–Trinajstić information content (AvgIpc) is 2.70. The van der Waals surface area contributed by atoms with E-state index in [9.17, 15) is 9.59 Å². The standard InChI is InChI=1S/C20H26N4O3/c1-27-17-9-7-15(8-10-17)18-11-12-19(25)24(23-18)14-13-21-20(26)22-16-5-3-2-4-6-16/h7-12,16H,2-6,13-14H2,1H3,(H2,21,22,26). The van der Waals surface area contributed by atoms with E-state index in [0.717, 1.165) is 24.2 Å². The molecular weight excluding hydrogens is 344 g/mol. The van der Waals surface area contributed by atoms with Gasteiger partial charge in [0.1, 0.15) is 5.75 Å². The van der Waals surface area contributed by atoms with Gasteiger partial charge in [-0.25, -0.2) is 9.48 Å². The zero-order valence-corrected chi connectivity index (χ0v) is 15.6. The lowest BCUT2D eigenvalue weighted by atomic mass is 9.96. The number of aromatic nitrogens is 2. The van der Waals surface area contributed by atoms with Gasteiger partial charge in [-0.1, -0.05) is 19.3 Å². The molecule has 2 N–H and O–H groups in total. The zero-order chi connectivity index (χ0) is 19.1. The molecule has 1 aromatic carbocycles.